The number of amides is 2. The Bertz CT molecular complexity index is 599. The minimum absolute atomic E-state index is 0.212. The smallest absolute Gasteiger partial charge is 0.315 e. The molecule has 0 aliphatic carbocycles. The van der Waals surface area contributed by atoms with E-state index in [4.69, 9.17) is 14.2 Å². The van der Waals surface area contributed by atoms with Crippen molar-refractivity contribution in [1.82, 2.24) is 9.80 Å². The molecule has 0 aromatic carbocycles. The molecule has 2 rings (SSSR count). The molecule has 2 saturated heterocycles. The molecule has 0 aromatic rings. The largest absolute Gasteiger partial charge is 0.466 e. The third-order valence-electron chi connectivity index (χ3n) is 5.50. The van der Waals surface area contributed by atoms with Crippen LogP contribution in [-0.4, -0.2) is 85.7 Å². The van der Waals surface area contributed by atoms with Crippen LogP contribution in [0.4, 0.5) is 0 Å². The Kier molecular flexibility index (Phi) is 6.80. The third-order valence-corrected chi connectivity index (χ3v) is 5.50. The van der Waals surface area contributed by atoms with E-state index in [0.717, 1.165) is 0 Å². The topological polar surface area (TPSA) is 102 Å². The number of carbonyl (C=O) groups excluding carboxylic acids is 4. The first kappa shape index (κ1) is 21.1. The molecule has 9 nitrogen and oxygen atoms in total. The Morgan fingerprint density at radius 2 is 1.70 bits per heavy atom. The van der Waals surface area contributed by atoms with Gasteiger partial charge in [-0.3, -0.25) is 19.2 Å². The minimum atomic E-state index is -0.893. The number of carbonyl (C=O) groups is 4. The predicted octanol–water partition coefficient (Wildman–Crippen LogP) is -0.0329. The summed E-state index contributed by atoms with van der Waals surface area (Å²) in [4.78, 5) is 52.2. The standard InChI is InChI=1S/C18H28N2O7/c1-5-26-13(22)11-12(21)20-9-7-18(8-10-20)14(17(24)27-6-2)15(25-4)16(23)19(18)3/h14-15H,5-11H2,1-4H3/t14-,15+/m0/s1. The molecule has 0 bridgehead atoms. The van der Waals surface area contributed by atoms with Crippen LogP contribution in [0.5, 0.6) is 0 Å². The lowest BCUT2D eigenvalue weighted by Gasteiger charge is -2.45. The summed E-state index contributed by atoms with van der Waals surface area (Å²) in [6.07, 6.45) is -0.381. The second-order valence-corrected chi connectivity index (χ2v) is 6.75. The SMILES string of the molecule is CCOC(=O)CC(=O)N1CCC2(CC1)[C@H](C(=O)OCC)[C@@H](OC)C(=O)N2C. The number of nitrogens with zero attached hydrogens (tertiary/aromatic N) is 2. The van der Waals surface area contributed by atoms with E-state index in [1.807, 2.05) is 0 Å². The molecular weight excluding hydrogens is 356 g/mol. The summed E-state index contributed by atoms with van der Waals surface area (Å²) in [5.41, 5.74) is -0.759. The van der Waals surface area contributed by atoms with Gasteiger partial charge in [0, 0.05) is 27.2 Å². The van der Waals surface area contributed by atoms with Gasteiger partial charge in [0.1, 0.15) is 12.3 Å². The highest BCUT2D eigenvalue weighted by atomic mass is 16.5. The van der Waals surface area contributed by atoms with E-state index in [-0.39, 0.29) is 31.4 Å². The Balaban J connectivity index is 2.15. The van der Waals surface area contributed by atoms with Crippen molar-refractivity contribution in [2.75, 3.05) is 40.5 Å². The van der Waals surface area contributed by atoms with E-state index < -0.39 is 29.5 Å². The molecule has 0 aromatic heterocycles. The third kappa shape index (κ3) is 3.92. The zero-order valence-electron chi connectivity index (χ0n) is 16.4. The number of likely N-dealkylation sites (N-methyl/N-ethyl adjacent to an activating group) is 1. The van der Waals surface area contributed by atoms with Crippen molar-refractivity contribution < 1.29 is 33.4 Å². The molecule has 2 atom stereocenters. The lowest BCUT2D eigenvalue weighted by molar-refractivity contribution is -0.157. The molecule has 2 amide bonds. The molecule has 2 heterocycles. The maximum atomic E-state index is 12.6. The molecule has 27 heavy (non-hydrogen) atoms. The lowest BCUT2D eigenvalue weighted by atomic mass is 9.76. The maximum absolute atomic E-state index is 12.6. The first-order valence-corrected chi connectivity index (χ1v) is 9.22. The molecule has 152 valence electrons. The summed E-state index contributed by atoms with van der Waals surface area (Å²) in [6, 6.07) is 0. The highest BCUT2D eigenvalue weighted by molar-refractivity contribution is 5.95. The van der Waals surface area contributed by atoms with Crippen molar-refractivity contribution in [3.05, 3.63) is 0 Å². The van der Waals surface area contributed by atoms with Crippen LogP contribution in [0.25, 0.3) is 0 Å². The molecule has 0 saturated carbocycles. The van der Waals surface area contributed by atoms with E-state index >= 15 is 0 Å². The van der Waals surface area contributed by atoms with Crippen molar-refractivity contribution >= 4 is 23.8 Å². The van der Waals surface area contributed by atoms with Crippen LogP contribution in [0, 0.1) is 5.92 Å². The van der Waals surface area contributed by atoms with Crippen LogP contribution < -0.4 is 0 Å². The second kappa shape index (κ2) is 8.69. The number of hydrogen-bond acceptors (Lipinski definition) is 7. The van der Waals surface area contributed by atoms with Gasteiger partial charge in [0.25, 0.3) is 5.91 Å². The quantitative estimate of drug-likeness (QED) is 0.468. The van der Waals surface area contributed by atoms with Gasteiger partial charge in [0.05, 0.1) is 18.8 Å². The monoisotopic (exact) mass is 384 g/mol. The van der Waals surface area contributed by atoms with Gasteiger partial charge < -0.3 is 24.0 Å². The van der Waals surface area contributed by atoms with Crippen LogP contribution in [0.3, 0.4) is 0 Å². The number of likely N-dealkylation sites (tertiary alicyclic amines) is 2. The highest BCUT2D eigenvalue weighted by Gasteiger charge is 2.61. The number of ether oxygens (including phenoxy) is 3. The van der Waals surface area contributed by atoms with Crippen LogP contribution in [0.2, 0.25) is 0 Å². The number of esters is 2. The van der Waals surface area contributed by atoms with Gasteiger partial charge in [0.2, 0.25) is 5.91 Å². The van der Waals surface area contributed by atoms with Crippen molar-refractivity contribution in [2.24, 2.45) is 5.92 Å². The summed E-state index contributed by atoms with van der Waals surface area (Å²) >= 11 is 0. The summed E-state index contributed by atoms with van der Waals surface area (Å²) in [5.74, 6) is -2.34. The molecule has 0 radical (unpaired) electrons. The Morgan fingerprint density at radius 3 is 2.22 bits per heavy atom. The van der Waals surface area contributed by atoms with Gasteiger partial charge in [0.15, 0.2) is 6.10 Å². The summed E-state index contributed by atoms with van der Waals surface area (Å²) < 4.78 is 15.3. The fourth-order valence-electron chi connectivity index (χ4n) is 4.09. The van der Waals surface area contributed by atoms with Gasteiger partial charge in [-0.05, 0) is 26.7 Å². The van der Waals surface area contributed by atoms with E-state index in [0.29, 0.717) is 25.9 Å². The number of hydrogen-bond donors (Lipinski definition) is 0. The van der Waals surface area contributed by atoms with E-state index in [2.05, 4.69) is 0 Å². The fourth-order valence-corrected chi connectivity index (χ4v) is 4.09. The average Bonchev–Trinajstić information content (AvgIpc) is 2.84. The van der Waals surface area contributed by atoms with Crippen LogP contribution >= 0.6 is 0 Å². The van der Waals surface area contributed by atoms with Gasteiger partial charge in [-0.15, -0.1) is 0 Å². The predicted molar refractivity (Wildman–Crippen MR) is 93.5 cm³/mol. The Hall–Kier alpha value is -2.16. The van der Waals surface area contributed by atoms with Gasteiger partial charge in [-0.25, -0.2) is 0 Å². The lowest BCUT2D eigenvalue weighted by Crippen LogP contribution is -2.57. The molecule has 0 unspecified atom stereocenters. The molecule has 2 aliphatic rings. The Morgan fingerprint density at radius 1 is 1.11 bits per heavy atom. The van der Waals surface area contributed by atoms with Crippen molar-refractivity contribution in [1.29, 1.82) is 0 Å². The highest BCUT2D eigenvalue weighted by Crippen LogP contribution is 2.44. The molecule has 1 spiro atoms. The van der Waals surface area contributed by atoms with Gasteiger partial charge in [-0.1, -0.05) is 0 Å². The maximum Gasteiger partial charge on any atom is 0.315 e. The van der Waals surface area contributed by atoms with E-state index in [1.165, 1.54) is 7.11 Å². The Labute approximate surface area is 158 Å². The van der Waals surface area contributed by atoms with Crippen LogP contribution in [-0.2, 0) is 33.4 Å². The first-order valence-electron chi connectivity index (χ1n) is 9.22. The minimum Gasteiger partial charge on any atom is -0.466 e. The van der Waals surface area contributed by atoms with Crippen molar-refractivity contribution in [2.45, 2.75) is 44.8 Å². The molecular formula is C18H28N2O7. The summed E-state index contributed by atoms with van der Waals surface area (Å²) in [6.45, 7) is 4.50. The van der Waals surface area contributed by atoms with Crippen molar-refractivity contribution in [3.63, 3.8) is 0 Å². The van der Waals surface area contributed by atoms with Crippen LogP contribution in [0.15, 0.2) is 0 Å². The number of rotatable bonds is 6. The number of piperidine rings is 1. The molecule has 9 heteroatoms. The average molecular weight is 384 g/mol. The van der Waals surface area contributed by atoms with Crippen LogP contribution in [0.1, 0.15) is 33.1 Å². The fraction of sp³-hybridized carbons (Fsp3) is 0.778. The zero-order chi connectivity index (χ0) is 20.2. The van der Waals surface area contributed by atoms with Crippen molar-refractivity contribution in [3.8, 4) is 0 Å². The normalized spacial score (nSPS) is 24.2. The molecule has 2 aliphatic heterocycles. The second-order valence-electron chi connectivity index (χ2n) is 6.75. The van der Waals surface area contributed by atoms with E-state index in [9.17, 15) is 19.2 Å². The summed E-state index contributed by atoms with van der Waals surface area (Å²) in [7, 11) is 3.06. The van der Waals surface area contributed by atoms with Gasteiger partial charge >= 0.3 is 11.9 Å². The van der Waals surface area contributed by atoms with E-state index in [1.54, 1.807) is 30.7 Å². The summed E-state index contributed by atoms with van der Waals surface area (Å²) in [5, 5.41) is 0. The zero-order valence-corrected chi connectivity index (χ0v) is 16.4. The van der Waals surface area contributed by atoms with Gasteiger partial charge in [-0.2, -0.15) is 0 Å². The first-order chi connectivity index (χ1) is 12.8. The molecule has 0 N–H and O–H groups in total. The number of methoxy groups -OCH3 is 1. The molecule has 2 fully saturated rings.